The van der Waals surface area contributed by atoms with Gasteiger partial charge in [0.2, 0.25) is 0 Å². The van der Waals surface area contributed by atoms with Crippen LogP contribution >= 0.6 is 0 Å². The lowest BCUT2D eigenvalue weighted by atomic mass is 10.1. The van der Waals surface area contributed by atoms with Gasteiger partial charge in [0.15, 0.2) is 0 Å². The fourth-order valence-corrected chi connectivity index (χ4v) is 4.63. The lowest BCUT2D eigenvalue weighted by molar-refractivity contribution is 0.291. The van der Waals surface area contributed by atoms with Crippen molar-refractivity contribution in [3.63, 3.8) is 0 Å². The zero-order valence-electron chi connectivity index (χ0n) is 20.6. The number of fused-ring (bicyclic) bond motifs is 2. The van der Waals surface area contributed by atoms with Crippen LogP contribution in [0.3, 0.4) is 0 Å². The van der Waals surface area contributed by atoms with Crippen LogP contribution in [0, 0.1) is 13.8 Å². The molecule has 0 spiro atoms. The molecule has 0 aliphatic rings. The van der Waals surface area contributed by atoms with E-state index in [1.807, 2.05) is 48.4 Å². The smallest absolute Gasteiger partial charge is 0.148 e. The third kappa shape index (κ3) is 4.22. The topological polar surface area (TPSA) is 57.8 Å². The number of rotatable bonds is 6. The lowest BCUT2D eigenvalue weighted by Crippen LogP contribution is -2.09. The molecule has 0 atom stereocenters. The highest BCUT2D eigenvalue weighted by Crippen LogP contribution is 2.27. The summed E-state index contributed by atoms with van der Waals surface area (Å²) in [7, 11) is 1.94. The van der Waals surface area contributed by atoms with Crippen molar-refractivity contribution >= 4 is 21.9 Å². The Morgan fingerprint density at radius 3 is 2.67 bits per heavy atom. The van der Waals surface area contributed by atoms with Gasteiger partial charge in [0, 0.05) is 43.0 Å². The molecule has 0 bridgehead atoms. The first-order valence-electron chi connectivity index (χ1n) is 12.1. The molecule has 0 aliphatic heterocycles. The van der Waals surface area contributed by atoms with Gasteiger partial charge in [0.1, 0.15) is 18.2 Å². The molecule has 3 aromatic heterocycles. The van der Waals surface area contributed by atoms with E-state index in [0.717, 1.165) is 51.2 Å². The van der Waals surface area contributed by atoms with E-state index in [-0.39, 0.29) is 0 Å². The van der Waals surface area contributed by atoms with Gasteiger partial charge >= 0.3 is 0 Å². The van der Waals surface area contributed by atoms with Gasteiger partial charge in [-0.25, -0.2) is 4.98 Å². The quantitative estimate of drug-likeness (QED) is 0.288. The Kier molecular flexibility index (Phi) is 5.49. The first-order valence-corrected chi connectivity index (χ1v) is 12.1. The van der Waals surface area contributed by atoms with Crippen LogP contribution in [0.2, 0.25) is 0 Å². The Morgan fingerprint density at radius 2 is 1.81 bits per heavy atom. The molecule has 6 nitrogen and oxygen atoms in total. The average Bonchev–Trinajstić information content (AvgIpc) is 3.48. The van der Waals surface area contributed by atoms with Crippen molar-refractivity contribution in [1.29, 1.82) is 0 Å². The minimum atomic E-state index is 0.361. The zero-order chi connectivity index (χ0) is 24.6. The second-order valence-electron chi connectivity index (χ2n) is 9.30. The molecule has 0 radical (unpaired) electrons. The maximum atomic E-state index is 6.24. The zero-order valence-corrected chi connectivity index (χ0v) is 20.6. The summed E-state index contributed by atoms with van der Waals surface area (Å²) >= 11 is 0. The van der Waals surface area contributed by atoms with Crippen molar-refractivity contribution < 1.29 is 4.74 Å². The van der Waals surface area contributed by atoms with Crippen molar-refractivity contribution in [3.8, 4) is 16.9 Å². The molecule has 3 heterocycles. The fourth-order valence-electron chi connectivity index (χ4n) is 4.63. The number of benzene rings is 3. The van der Waals surface area contributed by atoms with Gasteiger partial charge in [-0.1, -0.05) is 35.9 Å². The Morgan fingerprint density at radius 1 is 0.889 bits per heavy atom. The number of imidazole rings is 1. The minimum Gasteiger partial charge on any atom is -0.486 e. The van der Waals surface area contributed by atoms with Gasteiger partial charge in [-0.3, -0.25) is 9.67 Å². The maximum Gasteiger partial charge on any atom is 0.148 e. The number of hydrogen-bond acceptors (Lipinski definition) is 4. The Labute approximate surface area is 209 Å². The highest BCUT2D eigenvalue weighted by molar-refractivity contribution is 5.83. The molecule has 0 saturated carbocycles. The van der Waals surface area contributed by atoms with Crippen LogP contribution in [0.15, 0.2) is 85.3 Å². The van der Waals surface area contributed by atoms with Crippen LogP contribution in [0.5, 0.6) is 5.75 Å². The van der Waals surface area contributed by atoms with Gasteiger partial charge < -0.3 is 9.30 Å². The fraction of sp³-hybridized carbons (Fsp3) is 0.167. The highest BCUT2D eigenvalue weighted by Gasteiger charge is 2.15. The summed E-state index contributed by atoms with van der Waals surface area (Å²) in [5.41, 5.74) is 8.93. The van der Waals surface area contributed by atoms with Gasteiger partial charge in [-0.2, -0.15) is 5.10 Å². The van der Waals surface area contributed by atoms with Gasteiger partial charge in [-0.05, 0) is 60.9 Å². The maximum absolute atomic E-state index is 6.24. The normalized spacial score (nSPS) is 11.4. The second-order valence-corrected chi connectivity index (χ2v) is 9.30. The van der Waals surface area contributed by atoms with E-state index < -0.39 is 0 Å². The number of hydrogen-bond donors (Lipinski definition) is 0. The van der Waals surface area contributed by atoms with Crippen molar-refractivity contribution in [2.75, 3.05) is 0 Å². The molecule has 0 aliphatic carbocycles. The average molecular weight is 474 g/mol. The van der Waals surface area contributed by atoms with E-state index in [4.69, 9.17) is 9.72 Å². The van der Waals surface area contributed by atoms with Crippen LogP contribution in [-0.2, 0) is 20.2 Å². The summed E-state index contributed by atoms with van der Waals surface area (Å²) in [6, 6.07) is 23.0. The van der Waals surface area contributed by atoms with Gasteiger partial charge in [0.25, 0.3) is 0 Å². The molecule has 178 valence electrons. The van der Waals surface area contributed by atoms with Crippen molar-refractivity contribution in [2.45, 2.75) is 27.0 Å². The summed E-state index contributed by atoms with van der Waals surface area (Å²) in [6.07, 6.45) is 5.73. The number of ether oxygens (including phenoxy) is 1. The predicted octanol–water partition coefficient (Wildman–Crippen LogP) is 6.23. The summed E-state index contributed by atoms with van der Waals surface area (Å²) in [6.45, 7) is 5.37. The molecule has 6 rings (SSSR count). The highest BCUT2D eigenvalue weighted by atomic mass is 16.5. The summed E-state index contributed by atoms with van der Waals surface area (Å²) in [4.78, 5) is 9.44. The molecule has 0 N–H and O–H groups in total. The lowest BCUT2D eigenvalue weighted by Gasteiger charge is -2.14. The van der Waals surface area contributed by atoms with Gasteiger partial charge in [0.05, 0.1) is 22.7 Å². The van der Waals surface area contributed by atoms with E-state index in [1.165, 1.54) is 16.7 Å². The van der Waals surface area contributed by atoms with E-state index in [2.05, 4.69) is 71.0 Å². The van der Waals surface area contributed by atoms with Gasteiger partial charge in [-0.15, -0.1) is 0 Å². The monoisotopic (exact) mass is 473 g/mol. The standard InChI is InChI=1S/C30H27N5O/c1-20-6-7-21(2)24(13-20)18-35-29-14-23(25-16-32-34(3)17-25)9-11-27(29)33-30(35)19-36-26-10-8-22-5-4-12-31-28(22)15-26/h4-17H,18-19H2,1-3H3. The molecule has 0 saturated heterocycles. The molecule has 6 heteroatoms. The molecular formula is C30H27N5O. The van der Waals surface area contributed by atoms with Crippen molar-refractivity contribution in [1.82, 2.24) is 24.3 Å². The SMILES string of the molecule is Cc1ccc(C)c(Cn2c(COc3ccc4cccnc4c3)nc3ccc(-c4cnn(C)c4)cc32)c1. The van der Waals surface area contributed by atoms with Crippen LogP contribution in [0.4, 0.5) is 0 Å². The first kappa shape index (κ1) is 22.0. The number of nitrogens with zero attached hydrogens (tertiary/aromatic N) is 5. The van der Waals surface area contributed by atoms with Crippen LogP contribution in [0.1, 0.15) is 22.5 Å². The third-order valence-electron chi connectivity index (χ3n) is 6.64. The van der Waals surface area contributed by atoms with Crippen LogP contribution in [0.25, 0.3) is 33.1 Å². The van der Waals surface area contributed by atoms with Crippen LogP contribution in [-0.4, -0.2) is 24.3 Å². The number of pyridine rings is 1. The molecule has 0 fully saturated rings. The molecule has 3 aromatic carbocycles. The molecule has 36 heavy (non-hydrogen) atoms. The third-order valence-corrected chi connectivity index (χ3v) is 6.64. The molecule has 0 amide bonds. The molecular weight excluding hydrogens is 446 g/mol. The Bertz CT molecular complexity index is 1710. The largest absolute Gasteiger partial charge is 0.486 e. The summed E-state index contributed by atoms with van der Waals surface area (Å²) < 4.78 is 10.3. The van der Waals surface area contributed by atoms with E-state index in [9.17, 15) is 0 Å². The molecule has 6 aromatic rings. The van der Waals surface area contributed by atoms with Crippen molar-refractivity contribution in [2.24, 2.45) is 7.05 Å². The first-order chi connectivity index (χ1) is 17.5. The second kappa shape index (κ2) is 8.96. The Hall–Kier alpha value is -4.45. The van der Waals surface area contributed by atoms with Crippen LogP contribution < -0.4 is 4.74 Å². The molecule has 0 unspecified atom stereocenters. The number of aromatic nitrogens is 5. The van der Waals surface area contributed by atoms with E-state index in [1.54, 1.807) is 6.20 Å². The minimum absolute atomic E-state index is 0.361. The summed E-state index contributed by atoms with van der Waals surface area (Å²) in [5, 5.41) is 5.44. The number of aryl methyl sites for hydroxylation is 3. The van der Waals surface area contributed by atoms with E-state index in [0.29, 0.717) is 6.61 Å². The summed E-state index contributed by atoms with van der Waals surface area (Å²) in [5.74, 6) is 1.66. The Balaban J connectivity index is 1.40. The predicted molar refractivity (Wildman–Crippen MR) is 143 cm³/mol. The van der Waals surface area contributed by atoms with Crippen molar-refractivity contribution in [3.05, 3.63) is 108 Å². The van der Waals surface area contributed by atoms with E-state index >= 15 is 0 Å².